The van der Waals surface area contributed by atoms with Gasteiger partial charge < -0.3 is 24.2 Å². The standard InChI is InChI=1S/C42H47ClN6O4/c1-29-33(8-5-9-37(29)38-10-6-11-40(30(38)2)51-17-7-15-49-16-13-36(50)26-49)28-53-42-20-41(52-27-32-18-31(21-44)22-45-23-32)34(19-39(42)43)24-47(3)25-35-12-14-46-48(35)4/h5-6,8-12,14,18-20,22-23,36,50H,7,13,15-17,24-28H2,1-4H3. The van der Waals surface area contributed by atoms with Gasteiger partial charge in [-0.15, -0.1) is 0 Å². The number of halogens is 1. The predicted octanol–water partition coefficient (Wildman–Crippen LogP) is 7.25. The molecule has 6 rings (SSSR count). The van der Waals surface area contributed by atoms with E-state index in [1.54, 1.807) is 18.5 Å². The molecule has 10 nitrogen and oxygen atoms in total. The van der Waals surface area contributed by atoms with E-state index in [2.05, 4.69) is 64.1 Å². The minimum absolute atomic E-state index is 0.201. The van der Waals surface area contributed by atoms with Crippen LogP contribution < -0.4 is 14.2 Å². The summed E-state index contributed by atoms with van der Waals surface area (Å²) in [6.45, 7) is 9.28. The highest BCUT2D eigenvalue weighted by Crippen LogP contribution is 2.37. The molecular weight excluding hydrogens is 688 g/mol. The van der Waals surface area contributed by atoms with E-state index in [0.29, 0.717) is 48.4 Å². The van der Waals surface area contributed by atoms with Crippen molar-refractivity contribution in [2.75, 3.05) is 33.3 Å². The highest BCUT2D eigenvalue weighted by atomic mass is 35.5. The molecule has 0 saturated carbocycles. The average molecular weight is 735 g/mol. The molecule has 53 heavy (non-hydrogen) atoms. The molecular formula is C42H47ClN6O4. The van der Waals surface area contributed by atoms with E-state index in [1.165, 1.54) is 6.20 Å². The number of β-amino-alcohol motifs (C(OH)–C–C–N with tert-alkyl or cyclic N) is 1. The number of nitriles is 1. The molecule has 276 valence electrons. The van der Waals surface area contributed by atoms with Crippen LogP contribution in [0.2, 0.25) is 5.02 Å². The summed E-state index contributed by atoms with van der Waals surface area (Å²) in [6, 6.07) is 22.1. The van der Waals surface area contributed by atoms with Gasteiger partial charge in [0.2, 0.25) is 0 Å². The van der Waals surface area contributed by atoms with Gasteiger partial charge in [0.1, 0.15) is 36.5 Å². The van der Waals surface area contributed by atoms with Crippen molar-refractivity contribution in [3.8, 4) is 34.4 Å². The first-order chi connectivity index (χ1) is 25.7. The normalized spacial score (nSPS) is 14.4. The Hall–Kier alpha value is -4.92. The van der Waals surface area contributed by atoms with Crippen molar-refractivity contribution in [1.82, 2.24) is 24.6 Å². The maximum Gasteiger partial charge on any atom is 0.142 e. The van der Waals surface area contributed by atoms with Gasteiger partial charge in [0.05, 0.1) is 29.0 Å². The van der Waals surface area contributed by atoms with Crippen LogP contribution in [0, 0.1) is 25.2 Å². The van der Waals surface area contributed by atoms with Gasteiger partial charge in [-0.05, 0) is 85.8 Å². The van der Waals surface area contributed by atoms with Gasteiger partial charge in [0.15, 0.2) is 0 Å². The molecule has 5 aromatic rings. The van der Waals surface area contributed by atoms with Crippen molar-refractivity contribution < 1.29 is 19.3 Å². The van der Waals surface area contributed by atoms with Crippen molar-refractivity contribution in [2.45, 2.75) is 59.1 Å². The van der Waals surface area contributed by atoms with E-state index in [0.717, 1.165) is 82.9 Å². The van der Waals surface area contributed by atoms with E-state index < -0.39 is 0 Å². The minimum atomic E-state index is -0.201. The number of aryl methyl sites for hydroxylation is 1. The molecule has 2 aromatic heterocycles. The van der Waals surface area contributed by atoms with E-state index in [-0.39, 0.29) is 12.7 Å². The first kappa shape index (κ1) is 37.8. The molecule has 0 amide bonds. The molecule has 1 saturated heterocycles. The van der Waals surface area contributed by atoms with Crippen LogP contribution in [0.15, 0.2) is 79.3 Å². The van der Waals surface area contributed by atoms with Gasteiger partial charge in [-0.2, -0.15) is 10.4 Å². The number of aliphatic hydroxyl groups excluding tert-OH is 1. The third-order valence-electron chi connectivity index (χ3n) is 9.76. The number of nitrogens with zero attached hydrogens (tertiary/aromatic N) is 6. The van der Waals surface area contributed by atoms with E-state index in [4.69, 9.17) is 25.8 Å². The number of pyridine rings is 1. The zero-order chi connectivity index (χ0) is 37.3. The second-order valence-electron chi connectivity index (χ2n) is 13.7. The monoisotopic (exact) mass is 734 g/mol. The maximum absolute atomic E-state index is 9.81. The molecule has 1 atom stereocenters. The number of ether oxygens (including phenoxy) is 3. The first-order valence-corrected chi connectivity index (χ1v) is 18.4. The second kappa shape index (κ2) is 17.7. The number of rotatable bonds is 16. The number of aliphatic hydroxyl groups is 1. The Balaban J connectivity index is 1.17. The van der Waals surface area contributed by atoms with Crippen LogP contribution in [0.5, 0.6) is 17.2 Å². The van der Waals surface area contributed by atoms with Gasteiger partial charge in [0.25, 0.3) is 0 Å². The van der Waals surface area contributed by atoms with Crippen LogP contribution in [0.4, 0.5) is 0 Å². The summed E-state index contributed by atoms with van der Waals surface area (Å²) in [6.07, 6.45) is 6.58. The lowest BCUT2D eigenvalue weighted by Gasteiger charge is -2.21. The first-order valence-electron chi connectivity index (χ1n) is 18.0. The van der Waals surface area contributed by atoms with E-state index in [9.17, 15) is 10.4 Å². The molecule has 3 heterocycles. The molecule has 11 heteroatoms. The summed E-state index contributed by atoms with van der Waals surface area (Å²) < 4.78 is 20.9. The van der Waals surface area contributed by atoms with Crippen molar-refractivity contribution in [3.63, 3.8) is 0 Å². The molecule has 0 radical (unpaired) electrons. The number of likely N-dealkylation sites (tertiary alicyclic amines) is 1. The second-order valence-corrected chi connectivity index (χ2v) is 14.2. The average Bonchev–Trinajstić information content (AvgIpc) is 3.76. The molecule has 1 N–H and O–H groups in total. The summed E-state index contributed by atoms with van der Waals surface area (Å²) in [5.41, 5.74) is 8.74. The lowest BCUT2D eigenvalue weighted by Crippen LogP contribution is -2.24. The fourth-order valence-corrected chi connectivity index (χ4v) is 6.99. The van der Waals surface area contributed by atoms with Crippen LogP contribution in [0.25, 0.3) is 11.1 Å². The molecule has 1 aliphatic heterocycles. The Bertz CT molecular complexity index is 2060. The minimum Gasteiger partial charge on any atom is -0.493 e. The zero-order valence-corrected chi connectivity index (χ0v) is 31.6. The van der Waals surface area contributed by atoms with Crippen molar-refractivity contribution >= 4 is 11.6 Å². The third-order valence-corrected chi connectivity index (χ3v) is 10.1. The molecule has 1 unspecified atom stereocenters. The van der Waals surface area contributed by atoms with Crippen LogP contribution in [-0.4, -0.2) is 69.1 Å². The highest BCUT2D eigenvalue weighted by Gasteiger charge is 2.20. The van der Waals surface area contributed by atoms with Crippen molar-refractivity contribution in [1.29, 1.82) is 5.26 Å². The molecule has 3 aromatic carbocycles. The topological polar surface area (TPSA) is 109 Å². The number of benzene rings is 3. The van der Waals surface area contributed by atoms with Crippen LogP contribution in [0.3, 0.4) is 0 Å². The Morgan fingerprint density at radius 3 is 2.47 bits per heavy atom. The fraction of sp³-hybridized carbons (Fsp3) is 0.357. The van der Waals surface area contributed by atoms with Gasteiger partial charge in [0, 0.05) is 75.6 Å². The zero-order valence-electron chi connectivity index (χ0n) is 30.9. The third kappa shape index (κ3) is 9.75. The summed E-state index contributed by atoms with van der Waals surface area (Å²) in [5.74, 6) is 2.04. The number of hydrogen-bond acceptors (Lipinski definition) is 9. The van der Waals surface area contributed by atoms with Gasteiger partial charge >= 0.3 is 0 Å². The largest absolute Gasteiger partial charge is 0.493 e. The maximum atomic E-state index is 9.81. The lowest BCUT2D eigenvalue weighted by atomic mass is 9.93. The summed E-state index contributed by atoms with van der Waals surface area (Å²) in [7, 11) is 3.97. The van der Waals surface area contributed by atoms with Crippen LogP contribution >= 0.6 is 11.6 Å². The quantitative estimate of drug-likeness (QED) is 0.105. The van der Waals surface area contributed by atoms with Gasteiger partial charge in [-0.3, -0.25) is 14.6 Å². The Morgan fingerprint density at radius 2 is 1.72 bits per heavy atom. The Labute approximate surface area is 317 Å². The highest BCUT2D eigenvalue weighted by molar-refractivity contribution is 6.32. The van der Waals surface area contributed by atoms with E-state index in [1.807, 2.05) is 49.1 Å². The Morgan fingerprint density at radius 1 is 0.925 bits per heavy atom. The number of aromatic nitrogens is 3. The van der Waals surface area contributed by atoms with E-state index >= 15 is 0 Å². The molecule has 1 fully saturated rings. The Kier molecular flexibility index (Phi) is 12.7. The van der Waals surface area contributed by atoms with Crippen molar-refractivity contribution in [3.05, 3.63) is 123 Å². The molecule has 0 spiro atoms. The van der Waals surface area contributed by atoms with Crippen LogP contribution in [0.1, 0.15) is 51.9 Å². The van der Waals surface area contributed by atoms with Gasteiger partial charge in [-0.1, -0.05) is 41.9 Å². The number of hydrogen-bond donors (Lipinski definition) is 1. The fourth-order valence-electron chi connectivity index (χ4n) is 6.75. The van der Waals surface area contributed by atoms with Crippen LogP contribution in [-0.2, 0) is 33.4 Å². The summed E-state index contributed by atoms with van der Waals surface area (Å²) in [5, 5.41) is 23.9. The lowest BCUT2D eigenvalue weighted by molar-refractivity contribution is 0.173. The predicted molar refractivity (Wildman–Crippen MR) is 206 cm³/mol. The molecule has 0 bridgehead atoms. The molecule has 1 aliphatic rings. The van der Waals surface area contributed by atoms with Crippen molar-refractivity contribution in [2.24, 2.45) is 7.05 Å². The summed E-state index contributed by atoms with van der Waals surface area (Å²) >= 11 is 6.89. The summed E-state index contributed by atoms with van der Waals surface area (Å²) in [4.78, 5) is 8.65. The smallest absolute Gasteiger partial charge is 0.142 e. The molecule has 0 aliphatic carbocycles. The SMILES string of the molecule is Cc1c(COc2cc(OCc3cncc(C#N)c3)c(CN(C)Cc3ccnn3C)cc2Cl)cccc1-c1cccc(OCCCN2CCC(O)C2)c1C. The van der Waals surface area contributed by atoms with Gasteiger partial charge in [-0.25, -0.2) is 0 Å².